The maximum absolute atomic E-state index is 9.71. The number of carbonyl (C=O) groups excluding carboxylic acids is 1. The Morgan fingerprint density at radius 3 is 2.57 bits per heavy atom. The van der Waals surface area contributed by atoms with Crippen molar-refractivity contribution in [2.24, 2.45) is 0 Å². The van der Waals surface area contributed by atoms with Gasteiger partial charge in [-0.3, -0.25) is 0 Å². The van der Waals surface area contributed by atoms with Crippen molar-refractivity contribution in [3.8, 4) is 0 Å². The molecule has 0 rings (SSSR count). The highest BCUT2D eigenvalue weighted by atomic mass is 16.1. The zero-order valence-electron chi connectivity index (χ0n) is 4.61. The summed E-state index contributed by atoms with van der Waals surface area (Å²) in [6.45, 7) is 5.62. The first kappa shape index (κ1) is 6.41. The summed E-state index contributed by atoms with van der Waals surface area (Å²) in [4.78, 5) is 9.71. The van der Waals surface area contributed by atoms with Gasteiger partial charge in [0.25, 0.3) is 0 Å². The van der Waals surface area contributed by atoms with E-state index in [2.05, 4.69) is 6.58 Å². The van der Waals surface area contributed by atoms with Crippen LogP contribution >= 0.6 is 0 Å². The lowest BCUT2D eigenvalue weighted by Gasteiger charge is -1.88. The van der Waals surface area contributed by atoms with Crippen LogP contribution in [0.2, 0.25) is 0 Å². The van der Waals surface area contributed by atoms with Crippen molar-refractivity contribution in [2.75, 3.05) is 0 Å². The summed E-state index contributed by atoms with van der Waals surface area (Å²) in [6.07, 6.45) is 2.32. The minimum atomic E-state index is 0.524. The molecule has 0 saturated heterocycles. The summed E-state index contributed by atoms with van der Waals surface area (Å²) in [5.74, 6) is 0. The van der Waals surface area contributed by atoms with Gasteiger partial charge in [-0.25, -0.2) is 0 Å². The van der Waals surface area contributed by atoms with E-state index in [-0.39, 0.29) is 0 Å². The van der Waals surface area contributed by atoms with E-state index in [1.807, 2.05) is 6.92 Å². The molecule has 7 heavy (non-hydrogen) atoms. The van der Waals surface area contributed by atoms with Gasteiger partial charge >= 0.3 is 0 Å². The fourth-order valence-electron chi connectivity index (χ4n) is 0.262. The van der Waals surface area contributed by atoms with Gasteiger partial charge in [-0.1, -0.05) is 19.1 Å². The van der Waals surface area contributed by atoms with Gasteiger partial charge in [-0.2, -0.15) is 0 Å². The molecular formula is C6H10O. The quantitative estimate of drug-likeness (QED) is 0.386. The maximum atomic E-state index is 9.71. The second-order valence-corrected chi connectivity index (χ2v) is 1.47. The lowest BCUT2D eigenvalue weighted by Crippen LogP contribution is -1.77. The molecular weight excluding hydrogens is 88.1 g/mol. The summed E-state index contributed by atoms with van der Waals surface area (Å²) in [7, 11) is 0. The molecule has 0 aliphatic carbocycles. The average Bonchev–Trinajstić information content (AvgIpc) is 1.68. The van der Waals surface area contributed by atoms with E-state index in [0.29, 0.717) is 6.42 Å². The van der Waals surface area contributed by atoms with Crippen LogP contribution in [0.25, 0.3) is 0 Å². The molecule has 0 bridgehead atoms. The second kappa shape index (κ2) is 3.59. The fourth-order valence-corrected chi connectivity index (χ4v) is 0.262. The Morgan fingerprint density at radius 2 is 2.43 bits per heavy atom. The zero-order valence-corrected chi connectivity index (χ0v) is 4.61. The average molecular weight is 98.1 g/mol. The Labute approximate surface area is 44.0 Å². The van der Waals surface area contributed by atoms with E-state index in [4.69, 9.17) is 0 Å². The number of rotatable bonds is 3. The molecule has 0 aromatic carbocycles. The van der Waals surface area contributed by atoms with Gasteiger partial charge < -0.3 is 4.79 Å². The first-order chi connectivity index (χ1) is 3.31. The monoisotopic (exact) mass is 98.1 g/mol. The molecule has 0 fully saturated rings. The summed E-state index contributed by atoms with van der Waals surface area (Å²) >= 11 is 0. The highest BCUT2D eigenvalue weighted by Crippen LogP contribution is 1.97. The van der Waals surface area contributed by atoms with Crippen molar-refractivity contribution in [1.82, 2.24) is 0 Å². The van der Waals surface area contributed by atoms with Crippen molar-refractivity contribution in [2.45, 2.75) is 19.8 Å². The summed E-state index contributed by atoms with van der Waals surface area (Å²) in [5.41, 5.74) is 1.01. The molecule has 0 amide bonds. The molecule has 0 radical (unpaired) electrons. The largest absolute Gasteiger partial charge is 0.303 e. The van der Waals surface area contributed by atoms with Crippen LogP contribution in [0.5, 0.6) is 0 Å². The number of allylic oxidation sites excluding steroid dienone is 1. The summed E-state index contributed by atoms with van der Waals surface area (Å²) in [6, 6.07) is 0. The second-order valence-electron chi connectivity index (χ2n) is 1.47. The molecule has 0 heterocycles. The van der Waals surface area contributed by atoms with E-state index >= 15 is 0 Å². The fraction of sp³-hybridized carbons (Fsp3) is 0.500. The lowest BCUT2D eigenvalue weighted by atomic mass is 10.2. The molecule has 0 atom stereocenters. The Bertz CT molecular complexity index is 74.2. The molecule has 0 aromatic rings. The standard InChI is InChI=1S/C6H10O/c1-3-6(2)4-5-7/h5H,2-4H2,1H3. The molecule has 0 saturated carbocycles. The van der Waals surface area contributed by atoms with E-state index in [9.17, 15) is 4.79 Å². The Balaban J connectivity index is 3.17. The third-order valence-electron chi connectivity index (χ3n) is 0.872. The number of carbonyl (C=O) groups is 1. The smallest absolute Gasteiger partial charge is 0.124 e. The van der Waals surface area contributed by atoms with Crippen molar-refractivity contribution < 1.29 is 4.79 Å². The molecule has 1 nitrogen and oxygen atoms in total. The van der Waals surface area contributed by atoms with Crippen LogP contribution < -0.4 is 0 Å². The lowest BCUT2D eigenvalue weighted by molar-refractivity contribution is -0.107. The predicted octanol–water partition coefficient (Wildman–Crippen LogP) is 1.54. The number of aldehydes is 1. The first-order valence-corrected chi connectivity index (χ1v) is 2.41. The SMILES string of the molecule is C=C(CC)CC=O. The highest BCUT2D eigenvalue weighted by Gasteiger charge is 1.83. The summed E-state index contributed by atoms with van der Waals surface area (Å²) < 4.78 is 0. The summed E-state index contributed by atoms with van der Waals surface area (Å²) in [5, 5.41) is 0. The van der Waals surface area contributed by atoms with Gasteiger partial charge in [0.05, 0.1) is 0 Å². The van der Waals surface area contributed by atoms with E-state index in [1.165, 1.54) is 0 Å². The van der Waals surface area contributed by atoms with Gasteiger partial charge in [0.2, 0.25) is 0 Å². The Morgan fingerprint density at radius 1 is 1.86 bits per heavy atom. The Hall–Kier alpha value is -0.590. The van der Waals surface area contributed by atoms with Crippen LogP contribution in [0, 0.1) is 0 Å². The highest BCUT2D eigenvalue weighted by molar-refractivity contribution is 5.53. The topological polar surface area (TPSA) is 17.1 Å². The molecule has 40 valence electrons. The van der Waals surface area contributed by atoms with Crippen LogP contribution in [0.1, 0.15) is 19.8 Å². The minimum absolute atomic E-state index is 0.524. The molecule has 0 N–H and O–H groups in total. The van der Waals surface area contributed by atoms with Crippen molar-refractivity contribution in [3.05, 3.63) is 12.2 Å². The maximum Gasteiger partial charge on any atom is 0.124 e. The van der Waals surface area contributed by atoms with Crippen LogP contribution in [0.15, 0.2) is 12.2 Å². The minimum Gasteiger partial charge on any atom is -0.303 e. The normalized spacial score (nSPS) is 8.14. The van der Waals surface area contributed by atoms with Crippen molar-refractivity contribution >= 4 is 6.29 Å². The Kier molecular flexibility index (Phi) is 3.29. The van der Waals surface area contributed by atoms with Gasteiger partial charge in [-0.15, -0.1) is 0 Å². The predicted molar refractivity (Wildman–Crippen MR) is 30.1 cm³/mol. The number of hydrogen-bond acceptors (Lipinski definition) is 1. The van der Waals surface area contributed by atoms with Gasteiger partial charge in [0.15, 0.2) is 0 Å². The molecule has 0 aliphatic heterocycles. The molecule has 0 aromatic heterocycles. The van der Waals surface area contributed by atoms with Gasteiger partial charge in [0.1, 0.15) is 6.29 Å². The van der Waals surface area contributed by atoms with Crippen LogP contribution in [-0.2, 0) is 4.79 Å². The third kappa shape index (κ3) is 3.23. The first-order valence-electron chi connectivity index (χ1n) is 2.41. The van der Waals surface area contributed by atoms with Crippen LogP contribution in [0.3, 0.4) is 0 Å². The molecule has 1 heteroatoms. The zero-order chi connectivity index (χ0) is 5.70. The van der Waals surface area contributed by atoms with E-state index in [1.54, 1.807) is 0 Å². The molecule has 0 unspecified atom stereocenters. The third-order valence-corrected chi connectivity index (χ3v) is 0.872. The van der Waals surface area contributed by atoms with Crippen LogP contribution in [0.4, 0.5) is 0 Å². The molecule has 0 aliphatic rings. The van der Waals surface area contributed by atoms with E-state index < -0.39 is 0 Å². The number of hydrogen-bond donors (Lipinski definition) is 0. The van der Waals surface area contributed by atoms with Crippen molar-refractivity contribution in [1.29, 1.82) is 0 Å². The van der Waals surface area contributed by atoms with E-state index in [0.717, 1.165) is 18.3 Å². The van der Waals surface area contributed by atoms with Gasteiger partial charge in [-0.05, 0) is 6.42 Å². The van der Waals surface area contributed by atoms with Gasteiger partial charge in [0, 0.05) is 6.42 Å². The van der Waals surface area contributed by atoms with Crippen LogP contribution in [-0.4, -0.2) is 6.29 Å². The van der Waals surface area contributed by atoms with Crippen molar-refractivity contribution in [3.63, 3.8) is 0 Å². The molecule has 0 spiro atoms.